The van der Waals surface area contributed by atoms with E-state index in [1.807, 2.05) is 24.4 Å². The summed E-state index contributed by atoms with van der Waals surface area (Å²) in [6, 6.07) is 10.4. The molecule has 3 rings (SSSR count). The van der Waals surface area contributed by atoms with Crippen molar-refractivity contribution in [1.29, 1.82) is 0 Å². The van der Waals surface area contributed by atoms with E-state index < -0.39 is 5.82 Å². The van der Waals surface area contributed by atoms with Crippen molar-refractivity contribution in [2.75, 3.05) is 0 Å². The number of hydrogen-bond donors (Lipinski definition) is 2. The van der Waals surface area contributed by atoms with Gasteiger partial charge in [-0.2, -0.15) is 5.10 Å². The summed E-state index contributed by atoms with van der Waals surface area (Å²) in [6.07, 6.45) is 4.10. The molecule has 1 aromatic carbocycles. The lowest BCUT2D eigenvalue weighted by atomic mass is 10.0. The summed E-state index contributed by atoms with van der Waals surface area (Å²) in [7, 11) is 0. The average Bonchev–Trinajstić information content (AvgIpc) is 2.93. The standard InChI is InChI=1S/C15H14ClFN4/c16-15-10(4-3-5-12(15)17)8-13(20-18)11-9-19-21-7-2-1-6-14(11)21/h1-7,9,13,20H,8,18H2. The first-order valence-electron chi connectivity index (χ1n) is 6.52. The molecule has 0 fully saturated rings. The number of hydrogen-bond acceptors (Lipinski definition) is 3. The van der Waals surface area contributed by atoms with Crippen molar-refractivity contribution in [2.24, 2.45) is 5.84 Å². The minimum Gasteiger partial charge on any atom is -0.271 e. The van der Waals surface area contributed by atoms with Crippen molar-refractivity contribution in [3.05, 3.63) is 70.8 Å². The molecule has 0 spiro atoms. The van der Waals surface area contributed by atoms with Crippen molar-refractivity contribution < 1.29 is 4.39 Å². The number of nitrogens with one attached hydrogen (secondary N) is 1. The van der Waals surface area contributed by atoms with Crippen LogP contribution in [0.5, 0.6) is 0 Å². The maximum Gasteiger partial charge on any atom is 0.142 e. The number of benzene rings is 1. The first kappa shape index (κ1) is 14.0. The summed E-state index contributed by atoms with van der Waals surface area (Å²) >= 11 is 6.01. The number of aromatic nitrogens is 2. The van der Waals surface area contributed by atoms with E-state index in [-0.39, 0.29) is 11.1 Å². The number of fused-ring (bicyclic) bond motifs is 1. The zero-order valence-electron chi connectivity index (χ0n) is 11.1. The minimum atomic E-state index is -0.426. The molecule has 1 atom stereocenters. The van der Waals surface area contributed by atoms with Crippen LogP contribution in [0.15, 0.2) is 48.8 Å². The number of rotatable bonds is 4. The van der Waals surface area contributed by atoms with Crippen LogP contribution in [0.2, 0.25) is 5.02 Å². The molecule has 0 amide bonds. The SMILES string of the molecule is NNC(Cc1cccc(F)c1Cl)c1cnn2ccccc12. The zero-order valence-corrected chi connectivity index (χ0v) is 11.9. The predicted molar refractivity (Wildman–Crippen MR) is 80.4 cm³/mol. The molecule has 0 radical (unpaired) electrons. The fraction of sp³-hybridized carbons (Fsp3) is 0.133. The van der Waals surface area contributed by atoms with E-state index in [4.69, 9.17) is 17.4 Å². The average molecular weight is 305 g/mol. The molecule has 0 aliphatic heterocycles. The van der Waals surface area contributed by atoms with Crippen LogP contribution >= 0.6 is 11.6 Å². The molecule has 3 aromatic rings. The Labute approximate surface area is 126 Å². The lowest BCUT2D eigenvalue weighted by molar-refractivity contribution is 0.552. The second-order valence-electron chi connectivity index (χ2n) is 4.77. The van der Waals surface area contributed by atoms with Crippen molar-refractivity contribution in [1.82, 2.24) is 15.0 Å². The third-order valence-corrected chi connectivity index (χ3v) is 3.91. The number of nitrogens with zero attached hydrogens (tertiary/aromatic N) is 2. The lowest BCUT2D eigenvalue weighted by Gasteiger charge is -2.16. The third kappa shape index (κ3) is 2.63. The molecule has 2 aromatic heterocycles. The molecular formula is C15H14ClFN4. The molecule has 2 heterocycles. The smallest absolute Gasteiger partial charge is 0.142 e. The molecule has 21 heavy (non-hydrogen) atoms. The second kappa shape index (κ2) is 5.81. The first-order valence-corrected chi connectivity index (χ1v) is 6.90. The third-order valence-electron chi connectivity index (χ3n) is 3.49. The highest BCUT2D eigenvalue weighted by Crippen LogP contribution is 2.27. The van der Waals surface area contributed by atoms with Crippen LogP contribution < -0.4 is 11.3 Å². The second-order valence-corrected chi connectivity index (χ2v) is 5.14. The van der Waals surface area contributed by atoms with E-state index in [1.165, 1.54) is 6.07 Å². The molecule has 0 aliphatic carbocycles. The fourth-order valence-electron chi connectivity index (χ4n) is 2.41. The Morgan fingerprint density at radius 1 is 1.29 bits per heavy atom. The highest BCUT2D eigenvalue weighted by atomic mass is 35.5. The van der Waals surface area contributed by atoms with Gasteiger partial charge in [-0.05, 0) is 30.2 Å². The molecule has 4 nitrogen and oxygen atoms in total. The normalized spacial score (nSPS) is 12.7. The number of halogens is 2. The molecule has 0 aliphatic rings. The summed E-state index contributed by atoms with van der Waals surface area (Å²) in [4.78, 5) is 0. The van der Waals surface area contributed by atoms with Gasteiger partial charge in [-0.15, -0.1) is 0 Å². The Morgan fingerprint density at radius 3 is 2.95 bits per heavy atom. The van der Waals surface area contributed by atoms with Crippen molar-refractivity contribution >= 4 is 17.1 Å². The Hall–Kier alpha value is -1.95. The largest absolute Gasteiger partial charge is 0.271 e. The first-order chi connectivity index (χ1) is 10.2. The van der Waals surface area contributed by atoms with Gasteiger partial charge in [0.25, 0.3) is 0 Å². The molecule has 0 saturated carbocycles. The van der Waals surface area contributed by atoms with Gasteiger partial charge in [0.15, 0.2) is 0 Å². The summed E-state index contributed by atoms with van der Waals surface area (Å²) in [5.41, 5.74) is 5.36. The Bertz CT molecular complexity index is 771. The van der Waals surface area contributed by atoms with Gasteiger partial charge >= 0.3 is 0 Å². The van der Waals surface area contributed by atoms with Gasteiger partial charge in [-0.3, -0.25) is 11.3 Å². The molecule has 3 N–H and O–H groups in total. The number of hydrazine groups is 1. The quantitative estimate of drug-likeness (QED) is 0.575. The van der Waals surface area contributed by atoms with E-state index in [0.717, 1.165) is 11.1 Å². The van der Waals surface area contributed by atoms with Crippen LogP contribution in [0, 0.1) is 5.82 Å². The van der Waals surface area contributed by atoms with E-state index in [0.29, 0.717) is 12.0 Å². The molecule has 0 saturated heterocycles. The summed E-state index contributed by atoms with van der Waals surface area (Å²) in [5.74, 6) is 5.24. The highest BCUT2D eigenvalue weighted by Gasteiger charge is 2.17. The monoisotopic (exact) mass is 304 g/mol. The van der Waals surface area contributed by atoms with Crippen molar-refractivity contribution in [3.8, 4) is 0 Å². The zero-order chi connectivity index (χ0) is 14.8. The minimum absolute atomic E-state index is 0.134. The molecule has 108 valence electrons. The van der Waals surface area contributed by atoms with Crippen LogP contribution in [-0.2, 0) is 6.42 Å². The maximum atomic E-state index is 13.5. The van der Waals surface area contributed by atoms with Gasteiger partial charge in [-0.1, -0.05) is 29.8 Å². The summed E-state index contributed by atoms with van der Waals surface area (Å²) in [6.45, 7) is 0. The van der Waals surface area contributed by atoms with Gasteiger partial charge in [0.05, 0.1) is 22.8 Å². The van der Waals surface area contributed by atoms with Crippen LogP contribution in [0.25, 0.3) is 5.52 Å². The summed E-state index contributed by atoms with van der Waals surface area (Å²) in [5, 5.41) is 4.42. The Morgan fingerprint density at radius 2 is 2.14 bits per heavy atom. The molecular weight excluding hydrogens is 291 g/mol. The van der Waals surface area contributed by atoms with Crippen LogP contribution in [0.4, 0.5) is 4.39 Å². The van der Waals surface area contributed by atoms with Gasteiger partial charge in [0, 0.05) is 11.8 Å². The predicted octanol–water partition coefficient (Wildman–Crippen LogP) is 2.87. The number of nitrogens with two attached hydrogens (primary N) is 1. The molecule has 1 unspecified atom stereocenters. The van der Waals surface area contributed by atoms with E-state index >= 15 is 0 Å². The van der Waals surface area contributed by atoms with Crippen molar-refractivity contribution in [2.45, 2.75) is 12.5 Å². The highest BCUT2D eigenvalue weighted by molar-refractivity contribution is 6.31. The topological polar surface area (TPSA) is 55.3 Å². The number of pyridine rings is 1. The van der Waals surface area contributed by atoms with Gasteiger partial charge < -0.3 is 0 Å². The van der Waals surface area contributed by atoms with Crippen LogP contribution in [-0.4, -0.2) is 9.61 Å². The Kier molecular flexibility index (Phi) is 3.88. The van der Waals surface area contributed by atoms with Crippen molar-refractivity contribution in [3.63, 3.8) is 0 Å². The lowest BCUT2D eigenvalue weighted by Crippen LogP contribution is -2.29. The summed E-state index contributed by atoms with van der Waals surface area (Å²) < 4.78 is 15.3. The molecule has 0 bridgehead atoms. The molecule has 6 heteroatoms. The van der Waals surface area contributed by atoms with Crippen LogP contribution in [0.1, 0.15) is 17.2 Å². The maximum absolute atomic E-state index is 13.5. The Balaban J connectivity index is 1.97. The van der Waals surface area contributed by atoms with E-state index in [2.05, 4.69) is 10.5 Å². The van der Waals surface area contributed by atoms with Gasteiger partial charge in [0.1, 0.15) is 5.82 Å². The van der Waals surface area contributed by atoms with Gasteiger partial charge in [-0.25, -0.2) is 8.91 Å². The van der Waals surface area contributed by atoms with E-state index in [1.54, 1.807) is 22.8 Å². The fourth-order valence-corrected chi connectivity index (χ4v) is 2.61. The van der Waals surface area contributed by atoms with Crippen LogP contribution in [0.3, 0.4) is 0 Å². The van der Waals surface area contributed by atoms with E-state index in [9.17, 15) is 4.39 Å². The van der Waals surface area contributed by atoms with Gasteiger partial charge in [0.2, 0.25) is 0 Å².